The zero-order valence-electron chi connectivity index (χ0n) is 39.5. The number of aliphatic hydroxyl groups is 1. The van der Waals surface area contributed by atoms with E-state index in [1.165, 1.54) is 83.1 Å². The fraction of sp³-hybridized carbons (Fsp3) is 0.872. The van der Waals surface area contributed by atoms with Crippen molar-refractivity contribution in [2.75, 3.05) is 40.7 Å². The fourth-order valence-corrected chi connectivity index (χ4v) is 6.04. The van der Waals surface area contributed by atoms with Crippen LogP contribution >= 0.6 is 7.82 Å². The number of amides is 1. The third kappa shape index (κ3) is 33.5. The Balaban J connectivity index is 5.17. The van der Waals surface area contributed by atoms with Crippen molar-refractivity contribution in [3.05, 3.63) is 24.3 Å². The van der Waals surface area contributed by atoms with Gasteiger partial charge in [-0.25, -0.2) is 4.57 Å². The van der Waals surface area contributed by atoms with E-state index in [0.717, 1.165) is 57.8 Å². The molecule has 0 heterocycles. The molecule has 0 spiro atoms. The highest BCUT2D eigenvalue weighted by Crippen LogP contribution is 2.43. The summed E-state index contributed by atoms with van der Waals surface area (Å²) >= 11 is 0. The standard InChI is InChI=1S/C39H77N2O6P/c1-6-8-10-12-14-16-18-20-22-24-26-28-30-32-38(42)37(36-47-48(44,45)46-35-34-41(3,4)5)40-39(43)33-31-29-27-25-23-21-19-17-15-13-11-9-7-2/h17,19,30,32,37-38,42H,6-16,18,20-29,31,33-36H2,1-5H3,(H-,40,43,44,45)/p+1/b19-17-,32-30+/t37-,38+/m0/s1/i3D3,4D3,5D3. The lowest BCUT2D eigenvalue weighted by Gasteiger charge is -2.25. The summed E-state index contributed by atoms with van der Waals surface area (Å²) in [5.74, 6) is -0.378. The number of likely N-dealkylation sites (N-methyl/N-ethyl adjacent to an activating group) is 1. The van der Waals surface area contributed by atoms with Gasteiger partial charge in [0.1, 0.15) is 13.2 Å². The van der Waals surface area contributed by atoms with Crippen LogP contribution in [-0.2, 0) is 18.4 Å². The van der Waals surface area contributed by atoms with Crippen molar-refractivity contribution in [2.45, 2.75) is 180 Å². The van der Waals surface area contributed by atoms with Crippen LogP contribution in [0, 0.1) is 0 Å². The summed E-state index contributed by atoms with van der Waals surface area (Å²) in [6.07, 6.45) is 32.4. The molecule has 0 fully saturated rings. The third-order valence-electron chi connectivity index (χ3n) is 8.33. The van der Waals surface area contributed by atoms with E-state index in [1.807, 2.05) is 0 Å². The lowest BCUT2D eigenvalue weighted by Crippen LogP contribution is -2.45. The van der Waals surface area contributed by atoms with Crippen molar-refractivity contribution >= 4 is 13.7 Å². The lowest BCUT2D eigenvalue weighted by atomic mass is 10.0. The number of unbranched alkanes of at least 4 members (excludes halogenated alkanes) is 20. The molecule has 3 N–H and O–H groups in total. The molecule has 0 aliphatic carbocycles. The first-order valence-corrected chi connectivity index (χ1v) is 20.5. The molecule has 9 heteroatoms. The Morgan fingerprint density at radius 2 is 1.19 bits per heavy atom. The molecule has 284 valence electrons. The molecule has 0 aromatic heterocycles. The van der Waals surface area contributed by atoms with Gasteiger partial charge in [-0.05, 0) is 44.9 Å². The first-order valence-electron chi connectivity index (χ1n) is 23.5. The Morgan fingerprint density at radius 1 is 0.729 bits per heavy atom. The maximum absolute atomic E-state index is 12.9. The zero-order valence-corrected chi connectivity index (χ0v) is 31.4. The van der Waals surface area contributed by atoms with E-state index in [-0.39, 0.29) is 12.3 Å². The molecule has 48 heavy (non-hydrogen) atoms. The highest BCUT2D eigenvalue weighted by molar-refractivity contribution is 7.47. The highest BCUT2D eigenvalue weighted by Gasteiger charge is 2.27. The quantitative estimate of drug-likeness (QED) is 0.0262. The number of phosphoric acid groups is 1. The van der Waals surface area contributed by atoms with Crippen molar-refractivity contribution in [3.8, 4) is 0 Å². The number of allylic oxidation sites excluding steroid dienone is 3. The highest BCUT2D eigenvalue weighted by atomic mass is 31.2. The normalized spacial score (nSPS) is 18.5. The second-order valence-electron chi connectivity index (χ2n) is 13.2. The van der Waals surface area contributed by atoms with Crippen molar-refractivity contribution < 1.29 is 45.2 Å². The average Bonchev–Trinajstić information content (AvgIpc) is 3.10. The average molecular weight is 711 g/mol. The van der Waals surface area contributed by atoms with E-state index in [1.54, 1.807) is 6.08 Å². The van der Waals surface area contributed by atoms with E-state index in [0.29, 0.717) is 12.8 Å². The van der Waals surface area contributed by atoms with Crippen molar-refractivity contribution in [1.29, 1.82) is 0 Å². The lowest BCUT2D eigenvalue weighted by molar-refractivity contribution is -0.870. The smallest absolute Gasteiger partial charge is 0.387 e. The molecular formula is C39H78N2O6P+. The summed E-state index contributed by atoms with van der Waals surface area (Å²) in [5, 5.41) is 13.7. The van der Waals surface area contributed by atoms with Crippen LogP contribution in [-0.4, -0.2) is 73.2 Å². The molecule has 0 saturated carbocycles. The first-order chi connectivity index (χ1) is 26.8. The molecule has 0 bridgehead atoms. The molecule has 0 radical (unpaired) electrons. The van der Waals surface area contributed by atoms with E-state index in [4.69, 9.17) is 21.4 Å². The fourth-order valence-electron chi connectivity index (χ4n) is 5.31. The molecule has 0 rings (SSSR count). The van der Waals surface area contributed by atoms with Gasteiger partial charge in [-0.2, -0.15) is 0 Å². The van der Waals surface area contributed by atoms with Gasteiger partial charge >= 0.3 is 7.82 Å². The van der Waals surface area contributed by atoms with Gasteiger partial charge in [0.2, 0.25) is 5.91 Å². The Morgan fingerprint density at radius 3 is 1.71 bits per heavy atom. The first kappa shape index (κ1) is 32.9. The second-order valence-corrected chi connectivity index (χ2v) is 14.6. The minimum Gasteiger partial charge on any atom is -0.387 e. The van der Waals surface area contributed by atoms with Gasteiger partial charge in [0, 0.05) is 6.42 Å². The van der Waals surface area contributed by atoms with Gasteiger partial charge in [-0.3, -0.25) is 13.8 Å². The molecule has 0 aliphatic rings. The predicted octanol–water partition coefficient (Wildman–Crippen LogP) is 10.2. The zero-order chi connectivity index (χ0) is 43.3. The van der Waals surface area contributed by atoms with Crippen LogP contribution < -0.4 is 5.32 Å². The minimum absolute atomic E-state index is 0.177. The summed E-state index contributed by atoms with van der Waals surface area (Å²) in [6.45, 7) is -9.15. The molecule has 1 amide bonds. The number of carbonyl (C=O) groups is 1. The molecule has 8 nitrogen and oxygen atoms in total. The number of nitrogens with zero attached hydrogens (tertiary/aromatic N) is 1. The van der Waals surface area contributed by atoms with Crippen LogP contribution in [0.15, 0.2) is 24.3 Å². The Bertz CT molecular complexity index is 1100. The van der Waals surface area contributed by atoms with Crippen molar-refractivity contribution in [2.24, 2.45) is 0 Å². The van der Waals surface area contributed by atoms with Crippen LogP contribution in [0.3, 0.4) is 0 Å². The number of phosphoric ester groups is 1. The van der Waals surface area contributed by atoms with Gasteiger partial charge < -0.3 is 19.8 Å². The number of carbonyl (C=O) groups excluding carboxylic acids is 1. The Hall–Kier alpha value is -1.02. The number of rotatable bonds is 35. The van der Waals surface area contributed by atoms with Gasteiger partial charge in [-0.15, -0.1) is 0 Å². The predicted molar refractivity (Wildman–Crippen MR) is 203 cm³/mol. The van der Waals surface area contributed by atoms with Crippen LogP contribution in [0.1, 0.15) is 180 Å². The molecule has 1 unspecified atom stereocenters. The van der Waals surface area contributed by atoms with Gasteiger partial charge in [0.05, 0.1) is 52.0 Å². The van der Waals surface area contributed by atoms with E-state index in [2.05, 4.69) is 31.3 Å². The maximum atomic E-state index is 12.9. The minimum atomic E-state index is -5.04. The van der Waals surface area contributed by atoms with Crippen molar-refractivity contribution in [3.63, 3.8) is 0 Å². The number of quaternary nitrogens is 1. The summed E-state index contributed by atoms with van der Waals surface area (Å²) in [4.78, 5) is 23.3. The Kier molecular flexibility index (Phi) is 21.9. The summed E-state index contributed by atoms with van der Waals surface area (Å²) < 4.78 is 89.8. The maximum Gasteiger partial charge on any atom is 0.472 e. The monoisotopic (exact) mass is 711 g/mol. The number of nitrogens with one attached hydrogen (secondary N) is 1. The molecule has 0 aromatic rings. The number of aliphatic hydroxyl groups excluding tert-OH is 1. The van der Waals surface area contributed by atoms with E-state index < -0.39 is 65.1 Å². The molecule has 0 aliphatic heterocycles. The van der Waals surface area contributed by atoms with Crippen LogP contribution in [0.4, 0.5) is 0 Å². The molecule has 3 atom stereocenters. The third-order valence-corrected chi connectivity index (χ3v) is 9.31. The molecule has 0 saturated heterocycles. The van der Waals surface area contributed by atoms with Crippen LogP contribution in [0.5, 0.6) is 0 Å². The SMILES string of the molecule is [2H]C([2H])([2H])[N+](CCOP(=O)(O)OC[C@H](NC(=O)CCCCCCC/C=C\CCCCCC)[C@H](O)/C=C/CCCCCCCCCCCCC)(C([2H])([2H])[2H])C([2H])([2H])[2H]. The Labute approximate surface area is 309 Å². The topological polar surface area (TPSA) is 105 Å². The summed E-state index contributed by atoms with van der Waals surface area (Å²) in [6, 6.07) is -1.15. The molecular weight excluding hydrogens is 623 g/mol. The van der Waals surface area contributed by atoms with Crippen molar-refractivity contribution in [1.82, 2.24) is 5.32 Å². The van der Waals surface area contributed by atoms with Gasteiger partial charge in [0.15, 0.2) is 0 Å². The van der Waals surface area contributed by atoms with E-state index >= 15 is 0 Å². The number of hydrogen-bond donors (Lipinski definition) is 3. The largest absolute Gasteiger partial charge is 0.472 e. The summed E-state index contributed by atoms with van der Waals surface area (Å²) in [7, 11) is -5.04. The van der Waals surface area contributed by atoms with E-state index in [9.17, 15) is 19.4 Å². The molecule has 0 aromatic carbocycles. The van der Waals surface area contributed by atoms with Gasteiger partial charge in [0.25, 0.3) is 0 Å². The summed E-state index contributed by atoms with van der Waals surface area (Å²) in [5.41, 5.74) is 0. The van der Waals surface area contributed by atoms with Crippen LogP contribution in [0.2, 0.25) is 0 Å². The van der Waals surface area contributed by atoms with Crippen LogP contribution in [0.25, 0.3) is 0 Å². The number of hydrogen-bond acceptors (Lipinski definition) is 5. The van der Waals surface area contributed by atoms with Gasteiger partial charge in [-0.1, -0.05) is 141 Å². The second kappa shape index (κ2) is 31.9.